The second-order valence-corrected chi connectivity index (χ2v) is 6.50. The minimum Gasteiger partial charge on any atom is -0.469 e. The molecule has 0 aromatic heterocycles. The lowest BCUT2D eigenvalue weighted by atomic mass is 10.1. The zero-order valence-corrected chi connectivity index (χ0v) is 14.1. The molecule has 2 N–H and O–H groups in total. The van der Waals surface area contributed by atoms with Crippen molar-refractivity contribution in [3.63, 3.8) is 0 Å². The number of aliphatic hydroxyl groups excluding tert-OH is 1. The number of aliphatic hydroxyl groups is 1. The van der Waals surface area contributed by atoms with Crippen LogP contribution in [-0.2, 0) is 19.1 Å². The summed E-state index contributed by atoms with van der Waals surface area (Å²) in [5.41, 5.74) is -0.640. The summed E-state index contributed by atoms with van der Waals surface area (Å²) in [5.74, 6) is -0.934. The summed E-state index contributed by atoms with van der Waals surface area (Å²) in [7, 11) is 1.24. The van der Waals surface area contributed by atoms with E-state index in [1.807, 2.05) is 0 Å². The van der Waals surface area contributed by atoms with Crippen molar-refractivity contribution in [1.29, 1.82) is 0 Å². The zero-order valence-electron chi connectivity index (χ0n) is 14.1. The normalized spacial score (nSPS) is 19.2. The first-order chi connectivity index (χ1) is 10.7. The van der Waals surface area contributed by atoms with Crippen molar-refractivity contribution in [2.75, 3.05) is 20.3 Å². The van der Waals surface area contributed by atoms with Crippen molar-refractivity contribution in [2.24, 2.45) is 0 Å². The molecule has 1 rings (SSSR count). The minimum atomic E-state index is -0.740. The van der Waals surface area contributed by atoms with E-state index in [1.54, 1.807) is 20.8 Å². The average Bonchev–Trinajstić information content (AvgIpc) is 2.94. The Morgan fingerprint density at radius 1 is 1.35 bits per heavy atom. The molecule has 132 valence electrons. The van der Waals surface area contributed by atoms with Gasteiger partial charge >= 0.3 is 12.1 Å². The van der Waals surface area contributed by atoms with Gasteiger partial charge in [-0.3, -0.25) is 14.5 Å². The average molecular weight is 330 g/mol. The molecule has 1 fully saturated rings. The Morgan fingerprint density at radius 3 is 2.52 bits per heavy atom. The van der Waals surface area contributed by atoms with Crippen LogP contribution >= 0.6 is 0 Å². The van der Waals surface area contributed by atoms with E-state index in [-0.39, 0.29) is 13.0 Å². The number of nitrogens with zero attached hydrogens (tertiary/aromatic N) is 1. The van der Waals surface area contributed by atoms with E-state index in [9.17, 15) is 19.5 Å². The van der Waals surface area contributed by atoms with E-state index < -0.39 is 35.7 Å². The number of amides is 2. The summed E-state index contributed by atoms with van der Waals surface area (Å²) in [6.07, 6.45) is 0.543. The number of carbonyl (C=O) groups excluding carboxylic acids is 3. The highest BCUT2D eigenvalue weighted by atomic mass is 16.6. The van der Waals surface area contributed by atoms with Crippen LogP contribution in [0.2, 0.25) is 0 Å². The van der Waals surface area contributed by atoms with Crippen molar-refractivity contribution in [2.45, 2.75) is 57.7 Å². The number of rotatable bonds is 5. The fraction of sp³-hybridized carbons (Fsp3) is 0.800. The molecule has 0 unspecified atom stereocenters. The predicted octanol–water partition coefficient (Wildman–Crippen LogP) is 0.426. The molecule has 2 amide bonds. The molecule has 0 radical (unpaired) electrons. The van der Waals surface area contributed by atoms with Gasteiger partial charge in [0.1, 0.15) is 11.6 Å². The van der Waals surface area contributed by atoms with Crippen LogP contribution < -0.4 is 5.32 Å². The van der Waals surface area contributed by atoms with Gasteiger partial charge in [0.25, 0.3) is 0 Å². The molecule has 23 heavy (non-hydrogen) atoms. The second kappa shape index (κ2) is 8.14. The Morgan fingerprint density at radius 2 is 2.00 bits per heavy atom. The topological polar surface area (TPSA) is 105 Å². The van der Waals surface area contributed by atoms with Gasteiger partial charge in [0.15, 0.2) is 0 Å². The van der Waals surface area contributed by atoms with Gasteiger partial charge in [0.2, 0.25) is 5.91 Å². The summed E-state index contributed by atoms with van der Waals surface area (Å²) in [6, 6.07) is -1.40. The third-order valence-electron chi connectivity index (χ3n) is 3.39. The monoisotopic (exact) mass is 330 g/mol. The molecule has 0 aromatic carbocycles. The maximum Gasteiger partial charge on any atom is 0.410 e. The van der Waals surface area contributed by atoms with Crippen molar-refractivity contribution in [1.82, 2.24) is 10.2 Å². The summed E-state index contributed by atoms with van der Waals surface area (Å²) in [4.78, 5) is 37.1. The SMILES string of the molecule is COC(=O)C[C@H](CO)NC(=O)[C@@H]1CCCN1C(=O)OC(C)(C)C. The van der Waals surface area contributed by atoms with Crippen molar-refractivity contribution in [3.8, 4) is 0 Å². The van der Waals surface area contributed by atoms with Gasteiger partial charge in [-0.05, 0) is 33.6 Å². The Balaban J connectivity index is 2.66. The first kappa shape index (κ1) is 19.2. The quantitative estimate of drug-likeness (QED) is 0.708. The second-order valence-electron chi connectivity index (χ2n) is 6.50. The molecule has 0 bridgehead atoms. The number of hydrogen-bond acceptors (Lipinski definition) is 6. The fourth-order valence-corrected chi connectivity index (χ4v) is 2.32. The zero-order chi connectivity index (χ0) is 17.6. The van der Waals surface area contributed by atoms with Crippen molar-refractivity contribution in [3.05, 3.63) is 0 Å². The molecule has 8 nitrogen and oxygen atoms in total. The number of ether oxygens (including phenoxy) is 2. The molecule has 0 aliphatic carbocycles. The largest absolute Gasteiger partial charge is 0.469 e. The standard InChI is InChI=1S/C15H26N2O6/c1-15(2,3)23-14(21)17-7-5-6-11(17)13(20)16-10(9-18)8-12(19)22-4/h10-11,18H,5-9H2,1-4H3,(H,16,20)/t10-,11+/m1/s1. The van der Waals surface area contributed by atoms with Crippen LogP contribution in [0.3, 0.4) is 0 Å². The van der Waals surface area contributed by atoms with Crippen LogP contribution in [-0.4, -0.2) is 65.9 Å². The molecule has 1 aliphatic heterocycles. The lowest BCUT2D eigenvalue weighted by Crippen LogP contribution is -2.51. The van der Waals surface area contributed by atoms with E-state index in [4.69, 9.17) is 4.74 Å². The van der Waals surface area contributed by atoms with Crippen molar-refractivity contribution < 1.29 is 29.0 Å². The number of carbonyl (C=O) groups is 3. The van der Waals surface area contributed by atoms with Crippen LogP contribution in [0.5, 0.6) is 0 Å². The fourth-order valence-electron chi connectivity index (χ4n) is 2.32. The van der Waals surface area contributed by atoms with Crippen LogP contribution in [0, 0.1) is 0 Å². The summed E-state index contributed by atoms with van der Waals surface area (Å²) in [6.45, 7) is 5.32. The van der Waals surface area contributed by atoms with Gasteiger partial charge in [-0.2, -0.15) is 0 Å². The maximum absolute atomic E-state index is 12.3. The molecule has 0 spiro atoms. The Kier molecular flexibility index (Phi) is 6.80. The molecule has 2 atom stereocenters. The summed E-state index contributed by atoms with van der Waals surface area (Å²) >= 11 is 0. The molecule has 1 saturated heterocycles. The number of likely N-dealkylation sites (tertiary alicyclic amines) is 1. The highest BCUT2D eigenvalue weighted by Gasteiger charge is 2.37. The smallest absolute Gasteiger partial charge is 0.410 e. The Hall–Kier alpha value is -1.83. The first-order valence-electron chi connectivity index (χ1n) is 7.65. The Bertz CT molecular complexity index is 446. The van der Waals surface area contributed by atoms with E-state index in [0.717, 1.165) is 0 Å². The van der Waals surface area contributed by atoms with Crippen LogP contribution in [0.15, 0.2) is 0 Å². The van der Waals surface area contributed by atoms with E-state index in [0.29, 0.717) is 19.4 Å². The lowest BCUT2D eigenvalue weighted by Gasteiger charge is -2.28. The third-order valence-corrected chi connectivity index (χ3v) is 3.39. The summed E-state index contributed by atoms with van der Waals surface area (Å²) in [5, 5.41) is 11.8. The summed E-state index contributed by atoms with van der Waals surface area (Å²) < 4.78 is 9.82. The van der Waals surface area contributed by atoms with Gasteiger partial charge in [-0.25, -0.2) is 4.79 Å². The molecule has 8 heteroatoms. The van der Waals surface area contributed by atoms with Gasteiger partial charge < -0.3 is 19.9 Å². The third kappa shape index (κ3) is 6.05. The maximum atomic E-state index is 12.3. The van der Waals surface area contributed by atoms with E-state index in [2.05, 4.69) is 10.1 Å². The number of nitrogens with one attached hydrogen (secondary N) is 1. The van der Waals surface area contributed by atoms with Crippen LogP contribution in [0.4, 0.5) is 4.79 Å². The molecule has 0 aromatic rings. The van der Waals surface area contributed by atoms with Gasteiger partial charge in [-0.15, -0.1) is 0 Å². The van der Waals surface area contributed by atoms with Crippen LogP contribution in [0.1, 0.15) is 40.0 Å². The number of hydrogen-bond donors (Lipinski definition) is 2. The van der Waals surface area contributed by atoms with Gasteiger partial charge in [-0.1, -0.05) is 0 Å². The van der Waals surface area contributed by atoms with E-state index in [1.165, 1.54) is 12.0 Å². The minimum absolute atomic E-state index is 0.127. The first-order valence-corrected chi connectivity index (χ1v) is 7.65. The molecule has 1 aliphatic rings. The van der Waals surface area contributed by atoms with Gasteiger partial charge in [0, 0.05) is 6.54 Å². The van der Waals surface area contributed by atoms with Gasteiger partial charge in [0.05, 0.1) is 26.2 Å². The van der Waals surface area contributed by atoms with Crippen LogP contribution in [0.25, 0.3) is 0 Å². The highest BCUT2D eigenvalue weighted by molar-refractivity contribution is 5.87. The predicted molar refractivity (Wildman–Crippen MR) is 81.6 cm³/mol. The molecule has 0 saturated carbocycles. The lowest BCUT2D eigenvalue weighted by molar-refractivity contribution is -0.141. The number of esters is 1. The molecular weight excluding hydrogens is 304 g/mol. The molecular formula is C15H26N2O6. The van der Waals surface area contributed by atoms with Crippen molar-refractivity contribution >= 4 is 18.0 Å². The Labute approximate surface area is 136 Å². The molecule has 1 heterocycles. The van der Waals surface area contributed by atoms with E-state index >= 15 is 0 Å². The highest BCUT2D eigenvalue weighted by Crippen LogP contribution is 2.21. The number of methoxy groups -OCH3 is 1.